The van der Waals surface area contributed by atoms with E-state index < -0.39 is 76.5 Å². The Morgan fingerprint density at radius 2 is 1.54 bits per heavy atom. The topological polar surface area (TPSA) is 131 Å². The number of nitrogens with zero attached hydrogens (tertiary/aromatic N) is 6. The van der Waals surface area contributed by atoms with E-state index in [0.29, 0.717) is 56.7 Å². The molecule has 2 N–H and O–H groups in total. The van der Waals surface area contributed by atoms with Crippen molar-refractivity contribution in [3.05, 3.63) is 124 Å². The van der Waals surface area contributed by atoms with E-state index in [9.17, 15) is 48.9 Å². The summed E-state index contributed by atoms with van der Waals surface area (Å²) in [4.78, 5) is 13.4. The van der Waals surface area contributed by atoms with Crippen LogP contribution in [0.15, 0.2) is 106 Å². The molecule has 12 nitrogen and oxygen atoms in total. The van der Waals surface area contributed by atoms with Crippen molar-refractivity contribution in [1.82, 2.24) is 29.6 Å². The molecular weight excluding hydrogens is 1030 g/mol. The molecule has 2 saturated heterocycles. The molecule has 72 heavy (non-hydrogen) atoms. The van der Waals surface area contributed by atoms with Crippen LogP contribution in [0.4, 0.5) is 42.2 Å². The van der Waals surface area contributed by atoms with Gasteiger partial charge in [0.2, 0.25) is 5.82 Å². The Labute approximate surface area is 425 Å². The number of likely N-dealkylation sites (tertiary alicyclic amines) is 1. The first-order valence-corrected chi connectivity index (χ1v) is 27.6. The standard InChI is InChI=1S/C49H54ClF7N8O4S3/c1-32(38-7-3-4-8-39(38)33-11-13-34(50)14-12-33)64-22-18-36(19-23-64)65-24-20-40-43(30-65)59-47(48(52,53)54)60-46(40)61-72(68,69)37-15-16-42(45(29-37)71(66,67)49(55,56)57)58-35(17-21-63-27-25-62(2)26-28-63)31-70-44-10-6-5-9-41(44)51/h3-16,29,32,35-36,58H,17-28,30-31H2,1-2H3,(H,59,60,61)/t32-,35?/m0/s1/i36D. The van der Waals surface area contributed by atoms with Crippen molar-refractivity contribution in [1.29, 1.82) is 0 Å². The van der Waals surface area contributed by atoms with Gasteiger partial charge in [-0.25, -0.2) is 31.2 Å². The number of halogens is 8. The van der Waals surface area contributed by atoms with Crippen LogP contribution in [0.25, 0.3) is 11.1 Å². The van der Waals surface area contributed by atoms with Gasteiger partial charge in [-0.3, -0.25) is 14.5 Å². The molecule has 388 valence electrons. The number of piperazine rings is 1. The zero-order valence-corrected chi connectivity index (χ0v) is 42.5. The second-order valence-corrected chi connectivity index (χ2v) is 23.2. The molecule has 4 aromatic carbocycles. The van der Waals surface area contributed by atoms with Gasteiger partial charge in [-0.05, 0) is 98.8 Å². The molecule has 23 heteroatoms. The lowest BCUT2D eigenvalue weighted by Crippen LogP contribution is -2.47. The second-order valence-electron chi connectivity index (χ2n) is 18.1. The number of fused-ring (bicyclic) bond motifs is 1. The maximum absolute atomic E-state index is 14.7. The molecular formula is C49H54ClF7N8O4S3. The molecule has 2 fully saturated rings. The number of sulfonamides is 1. The fraction of sp³-hybridized carbons (Fsp3) is 0.429. The number of anilines is 2. The molecule has 0 spiro atoms. The van der Waals surface area contributed by atoms with Crippen molar-refractivity contribution in [3.8, 4) is 11.1 Å². The molecule has 0 aliphatic carbocycles. The second kappa shape index (κ2) is 22.1. The lowest BCUT2D eigenvalue weighted by molar-refractivity contribution is -0.145. The summed E-state index contributed by atoms with van der Waals surface area (Å²) in [5.41, 5.74) is -3.61. The summed E-state index contributed by atoms with van der Waals surface area (Å²) in [7, 11) is -9.45. The summed E-state index contributed by atoms with van der Waals surface area (Å²) >= 11 is 7.21. The third-order valence-corrected chi connectivity index (χ3v) is 17.7. The minimum atomic E-state index is -6.27. The van der Waals surface area contributed by atoms with Gasteiger partial charge in [-0.15, -0.1) is 11.8 Å². The van der Waals surface area contributed by atoms with Gasteiger partial charge in [-0.2, -0.15) is 26.3 Å². The molecule has 0 bridgehead atoms. The number of nitrogens with one attached hydrogen (secondary N) is 2. The average Bonchev–Trinajstić information content (AvgIpc) is 3.35. The first-order valence-electron chi connectivity index (χ1n) is 23.8. The fourth-order valence-electron chi connectivity index (χ4n) is 9.25. The van der Waals surface area contributed by atoms with Gasteiger partial charge >= 0.3 is 11.7 Å². The van der Waals surface area contributed by atoms with Gasteiger partial charge < -0.3 is 15.1 Å². The van der Waals surface area contributed by atoms with Gasteiger partial charge in [-0.1, -0.05) is 60.1 Å². The van der Waals surface area contributed by atoms with Crippen molar-refractivity contribution in [2.24, 2.45) is 0 Å². The zero-order chi connectivity index (χ0) is 52.5. The summed E-state index contributed by atoms with van der Waals surface area (Å²) < 4.78 is 168. The van der Waals surface area contributed by atoms with Gasteiger partial charge in [0.25, 0.3) is 19.9 Å². The highest BCUT2D eigenvalue weighted by Crippen LogP contribution is 2.40. The molecule has 1 unspecified atom stereocenters. The van der Waals surface area contributed by atoms with Crippen LogP contribution in [-0.2, 0) is 39.0 Å². The smallest absolute Gasteiger partial charge is 0.380 e. The zero-order valence-electron chi connectivity index (χ0n) is 40.3. The van der Waals surface area contributed by atoms with E-state index in [0.717, 1.165) is 53.7 Å². The van der Waals surface area contributed by atoms with Gasteiger partial charge in [0.15, 0.2) is 0 Å². The lowest BCUT2D eigenvalue weighted by Gasteiger charge is -2.42. The molecule has 1 aromatic heterocycles. The molecule has 3 aliphatic rings. The van der Waals surface area contributed by atoms with Gasteiger partial charge in [0, 0.05) is 99.6 Å². The summed E-state index contributed by atoms with van der Waals surface area (Å²) in [6.07, 6.45) is -4.36. The number of rotatable bonds is 16. The Morgan fingerprint density at radius 1 is 0.861 bits per heavy atom. The lowest BCUT2D eigenvalue weighted by atomic mass is 9.92. The summed E-state index contributed by atoms with van der Waals surface area (Å²) in [5.74, 6) is -2.94. The van der Waals surface area contributed by atoms with Crippen LogP contribution in [0.5, 0.6) is 0 Å². The van der Waals surface area contributed by atoms with Crippen molar-refractivity contribution in [2.45, 2.75) is 83.6 Å². The Kier molecular flexibility index (Phi) is 16.1. The quantitative estimate of drug-likeness (QED) is 0.0721. The maximum Gasteiger partial charge on any atom is 0.501 e. The Bertz CT molecular complexity index is 3000. The predicted octanol–water partition coefficient (Wildman–Crippen LogP) is 9.84. The monoisotopic (exact) mass is 1080 g/mol. The van der Waals surface area contributed by atoms with Crippen molar-refractivity contribution in [3.63, 3.8) is 0 Å². The Hall–Kier alpha value is -4.55. The van der Waals surface area contributed by atoms with E-state index in [1.807, 2.05) is 60.3 Å². The maximum atomic E-state index is 14.7. The largest absolute Gasteiger partial charge is 0.501 e. The molecule has 0 amide bonds. The highest BCUT2D eigenvalue weighted by atomic mass is 35.5. The minimum Gasteiger partial charge on any atom is -0.380 e. The van der Waals surface area contributed by atoms with Crippen LogP contribution in [0.1, 0.15) is 56.2 Å². The summed E-state index contributed by atoms with van der Waals surface area (Å²) in [5, 5.41) is 3.48. The van der Waals surface area contributed by atoms with Crippen LogP contribution in [-0.4, -0.2) is 129 Å². The van der Waals surface area contributed by atoms with Crippen LogP contribution >= 0.6 is 23.4 Å². The molecule has 0 radical (unpaired) electrons. The Balaban J connectivity index is 1.03. The van der Waals surface area contributed by atoms with E-state index in [4.69, 9.17) is 11.6 Å². The van der Waals surface area contributed by atoms with Crippen LogP contribution in [0.2, 0.25) is 5.02 Å². The Morgan fingerprint density at radius 3 is 2.22 bits per heavy atom. The van der Waals surface area contributed by atoms with Gasteiger partial charge in [0.05, 0.1) is 16.3 Å². The number of hydrogen-bond donors (Lipinski definition) is 2. The molecule has 2 atom stereocenters. The highest BCUT2D eigenvalue weighted by molar-refractivity contribution is 7.99. The number of piperidine rings is 1. The summed E-state index contributed by atoms with van der Waals surface area (Å²) in [6, 6.07) is 21.3. The fourth-order valence-corrected chi connectivity index (χ4v) is 12.5. The normalized spacial score (nSPS) is 18.8. The van der Waals surface area contributed by atoms with Crippen LogP contribution in [0.3, 0.4) is 0 Å². The third-order valence-electron chi connectivity index (χ3n) is 13.4. The number of alkyl halides is 6. The predicted molar refractivity (Wildman–Crippen MR) is 265 cm³/mol. The summed E-state index contributed by atoms with van der Waals surface area (Å²) in [6.45, 7) is 6.25. The van der Waals surface area contributed by atoms with E-state index in [1.54, 1.807) is 11.0 Å². The molecule has 0 saturated carbocycles. The minimum absolute atomic E-state index is 0.0155. The van der Waals surface area contributed by atoms with E-state index in [1.165, 1.54) is 18.2 Å². The first kappa shape index (κ1) is 52.3. The van der Waals surface area contributed by atoms with E-state index in [2.05, 4.69) is 36.9 Å². The van der Waals surface area contributed by atoms with Crippen molar-refractivity contribution >= 4 is 54.7 Å². The molecule has 5 aromatic rings. The average molecular weight is 1080 g/mol. The van der Waals surface area contributed by atoms with E-state index in [-0.39, 0.29) is 53.9 Å². The number of likely N-dealkylation sites (N-methyl/N-ethyl adjacent to an activating group) is 1. The first-order chi connectivity index (χ1) is 34.4. The number of sulfone groups is 1. The number of aromatic nitrogens is 2. The molecule has 4 heterocycles. The van der Waals surface area contributed by atoms with Gasteiger partial charge in [0.1, 0.15) is 16.5 Å². The van der Waals surface area contributed by atoms with Crippen molar-refractivity contribution in [2.75, 3.05) is 75.2 Å². The third kappa shape index (κ3) is 12.5. The number of thioether (sulfide) groups is 1. The SMILES string of the molecule is [2H]C1(N2CCc3c(nc(C(F)(F)F)nc3NS(=O)(=O)c3ccc(NC(CCN4CCN(C)CC4)CSc4ccccc4F)c(S(=O)(=O)C(F)(F)F)c3)C2)CCN([C@@H](C)c2ccccc2-c2ccc(Cl)cc2)CC1. The number of hydrogen-bond acceptors (Lipinski definition) is 12. The van der Waals surface area contributed by atoms with Crippen LogP contribution in [0, 0.1) is 5.82 Å². The van der Waals surface area contributed by atoms with E-state index >= 15 is 0 Å². The highest BCUT2D eigenvalue weighted by Gasteiger charge is 2.49. The number of benzene rings is 4. The molecule has 3 aliphatic heterocycles. The van der Waals surface area contributed by atoms with Crippen molar-refractivity contribution < 1.29 is 48.9 Å². The molecule has 8 rings (SSSR count). The van der Waals surface area contributed by atoms with Crippen LogP contribution < -0.4 is 10.0 Å².